The Morgan fingerprint density at radius 1 is 0.972 bits per heavy atom. The van der Waals surface area contributed by atoms with Crippen LogP contribution in [-0.2, 0) is 12.7 Å². The first-order valence-corrected chi connectivity index (χ1v) is 11.8. The summed E-state index contributed by atoms with van der Waals surface area (Å²) in [7, 11) is 2.76. The van der Waals surface area contributed by atoms with Crippen LogP contribution in [0.2, 0.25) is 0 Å². The van der Waals surface area contributed by atoms with E-state index >= 15 is 0 Å². The van der Waals surface area contributed by atoms with E-state index in [0.717, 1.165) is 18.0 Å². The summed E-state index contributed by atoms with van der Waals surface area (Å²) in [5.41, 5.74) is -1.54. The average molecular weight is 509 g/mol. The third-order valence-corrected chi connectivity index (χ3v) is 5.89. The topological polar surface area (TPSA) is 73.3 Å². The summed E-state index contributed by atoms with van der Waals surface area (Å²) in [6.45, 7) is 9.93. The van der Waals surface area contributed by atoms with Crippen LogP contribution in [0.3, 0.4) is 0 Å². The smallest absolute Gasteiger partial charge is 0.450 e. The molecule has 0 fully saturated rings. The Labute approximate surface area is 208 Å². The molecule has 0 aliphatic heterocycles. The number of halogens is 3. The minimum atomic E-state index is -4.96. The van der Waals surface area contributed by atoms with Crippen LogP contribution in [-0.4, -0.2) is 32.4 Å². The molecule has 2 aromatic carbocycles. The summed E-state index contributed by atoms with van der Waals surface area (Å²) in [6, 6.07) is 6.73. The fraction of sp³-hybridized carbons (Fsp3) is 0.444. The van der Waals surface area contributed by atoms with Gasteiger partial charge < -0.3 is 23.9 Å². The standard InChI is InChI=1S/C27H32F3NO5/c1-15(2)12-31(13-16(3)4)14-19-20(32)9-8-18-24(33)23(26(27(28,29)30)36-25(18)19)17-7-10-21(34-5)22(11-17)35-6/h7-11,15-16,32H,12-14H2,1-6H3/p+1. The highest BCUT2D eigenvalue weighted by atomic mass is 19.4. The molecule has 0 aliphatic rings. The van der Waals surface area contributed by atoms with Crippen molar-refractivity contribution in [3.05, 3.63) is 51.9 Å². The molecule has 9 heteroatoms. The molecular formula is C27H33F3NO5+. The summed E-state index contributed by atoms with van der Waals surface area (Å²) < 4.78 is 58.6. The molecule has 1 heterocycles. The van der Waals surface area contributed by atoms with Crippen molar-refractivity contribution in [3.63, 3.8) is 0 Å². The fourth-order valence-electron chi connectivity index (χ4n) is 4.56. The highest BCUT2D eigenvalue weighted by Crippen LogP contribution is 2.41. The van der Waals surface area contributed by atoms with E-state index in [0.29, 0.717) is 17.6 Å². The van der Waals surface area contributed by atoms with Crippen LogP contribution < -0.4 is 19.8 Å². The maximum Gasteiger partial charge on any atom is 0.450 e. The number of methoxy groups -OCH3 is 2. The van der Waals surface area contributed by atoms with Gasteiger partial charge in [-0.2, -0.15) is 13.2 Å². The van der Waals surface area contributed by atoms with Gasteiger partial charge in [-0.25, -0.2) is 0 Å². The molecule has 0 atom stereocenters. The summed E-state index contributed by atoms with van der Waals surface area (Å²) in [6.07, 6.45) is -4.96. The Bertz CT molecular complexity index is 1270. The number of nitrogens with one attached hydrogen (secondary N) is 1. The number of ether oxygens (including phenoxy) is 2. The van der Waals surface area contributed by atoms with Crippen LogP contribution in [0.25, 0.3) is 22.1 Å². The Balaban J connectivity index is 2.30. The second kappa shape index (κ2) is 10.8. The van der Waals surface area contributed by atoms with E-state index in [-0.39, 0.29) is 40.1 Å². The summed E-state index contributed by atoms with van der Waals surface area (Å²) in [5.74, 6) is -0.493. The van der Waals surface area contributed by atoms with Crippen LogP contribution in [0.15, 0.2) is 39.5 Å². The van der Waals surface area contributed by atoms with Crippen LogP contribution in [0.1, 0.15) is 39.0 Å². The molecule has 3 rings (SSSR count). The zero-order valence-corrected chi connectivity index (χ0v) is 21.4. The molecule has 0 saturated heterocycles. The largest absolute Gasteiger partial charge is 0.507 e. The van der Waals surface area contributed by atoms with Gasteiger partial charge in [0.1, 0.15) is 12.3 Å². The summed E-state index contributed by atoms with van der Waals surface area (Å²) in [4.78, 5) is 14.6. The lowest BCUT2D eigenvalue weighted by Gasteiger charge is -2.24. The van der Waals surface area contributed by atoms with E-state index in [1.807, 2.05) is 0 Å². The number of hydrogen-bond donors (Lipinski definition) is 2. The maximum atomic E-state index is 14.3. The number of alkyl halides is 3. The number of quaternary nitrogens is 1. The highest BCUT2D eigenvalue weighted by molar-refractivity contribution is 5.87. The molecule has 0 aliphatic carbocycles. The lowest BCUT2D eigenvalue weighted by atomic mass is 9.99. The second-order valence-corrected chi connectivity index (χ2v) is 9.77. The van der Waals surface area contributed by atoms with Crippen molar-refractivity contribution < 1.29 is 37.1 Å². The van der Waals surface area contributed by atoms with Gasteiger partial charge in [-0.1, -0.05) is 33.8 Å². The quantitative estimate of drug-likeness (QED) is 0.430. The lowest BCUT2D eigenvalue weighted by molar-refractivity contribution is -0.919. The minimum absolute atomic E-state index is 0.0166. The van der Waals surface area contributed by atoms with Crippen molar-refractivity contribution in [1.82, 2.24) is 0 Å². The van der Waals surface area contributed by atoms with Crippen molar-refractivity contribution in [3.8, 4) is 28.4 Å². The molecule has 0 amide bonds. The Hall–Kier alpha value is -3.20. The van der Waals surface area contributed by atoms with Gasteiger partial charge in [0, 0.05) is 11.8 Å². The zero-order valence-electron chi connectivity index (χ0n) is 21.4. The van der Waals surface area contributed by atoms with E-state index in [1.165, 1.54) is 44.6 Å². The van der Waals surface area contributed by atoms with Gasteiger partial charge in [0.15, 0.2) is 17.1 Å². The molecule has 3 aromatic rings. The number of hydrogen-bond acceptors (Lipinski definition) is 5. The number of aromatic hydroxyl groups is 1. The SMILES string of the molecule is COc1ccc(-c2c(C(F)(F)F)oc3c(C[NH+](CC(C)C)CC(C)C)c(O)ccc3c2=O)cc1OC. The lowest BCUT2D eigenvalue weighted by Crippen LogP contribution is -3.11. The molecular weight excluding hydrogens is 475 g/mol. The van der Waals surface area contributed by atoms with Gasteiger partial charge in [0.25, 0.3) is 0 Å². The number of benzene rings is 2. The third-order valence-electron chi connectivity index (χ3n) is 5.89. The van der Waals surface area contributed by atoms with Gasteiger partial charge >= 0.3 is 6.18 Å². The van der Waals surface area contributed by atoms with E-state index in [4.69, 9.17) is 13.9 Å². The maximum absolute atomic E-state index is 14.3. The average Bonchev–Trinajstić information content (AvgIpc) is 2.78. The fourth-order valence-corrected chi connectivity index (χ4v) is 4.56. The van der Waals surface area contributed by atoms with Gasteiger partial charge in [0.05, 0.1) is 43.8 Å². The Morgan fingerprint density at radius 2 is 1.58 bits per heavy atom. The minimum Gasteiger partial charge on any atom is -0.507 e. The normalized spacial score (nSPS) is 12.2. The Morgan fingerprint density at radius 3 is 2.11 bits per heavy atom. The van der Waals surface area contributed by atoms with Gasteiger partial charge in [-0.3, -0.25) is 4.79 Å². The molecule has 0 saturated carbocycles. The predicted octanol–water partition coefficient (Wildman–Crippen LogP) is 4.90. The number of fused-ring (bicyclic) bond motifs is 1. The number of phenols is 1. The van der Waals surface area contributed by atoms with Crippen molar-refractivity contribution >= 4 is 11.0 Å². The monoisotopic (exact) mass is 508 g/mol. The number of phenolic OH excluding ortho intramolecular Hbond substituents is 1. The van der Waals surface area contributed by atoms with Gasteiger partial charge in [-0.05, 0) is 29.8 Å². The Kier molecular flexibility index (Phi) is 8.23. The molecule has 0 bridgehead atoms. The highest BCUT2D eigenvalue weighted by Gasteiger charge is 2.40. The zero-order chi connectivity index (χ0) is 26.8. The predicted molar refractivity (Wildman–Crippen MR) is 132 cm³/mol. The molecule has 2 N–H and O–H groups in total. The molecule has 0 unspecified atom stereocenters. The molecule has 36 heavy (non-hydrogen) atoms. The molecule has 196 valence electrons. The summed E-state index contributed by atoms with van der Waals surface area (Å²) in [5, 5.41) is 10.6. The molecule has 0 radical (unpaired) electrons. The molecule has 6 nitrogen and oxygen atoms in total. The third kappa shape index (κ3) is 5.78. The van der Waals surface area contributed by atoms with Crippen LogP contribution in [0, 0.1) is 11.8 Å². The first kappa shape index (κ1) is 27.4. The molecule has 1 aromatic heterocycles. The van der Waals surface area contributed by atoms with Crippen LogP contribution in [0.4, 0.5) is 13.2 Å². The van der Waals surface area contributed by atoms with E-state index in [9.17, 15) is 23.1 Å². The molecule has 0 spiro atoms. The second-order valence-electron chi connectivity index (χ2n) is 9.77. The first-order chi connectivity index (χ1) is 16.9. The van der Waals surface area contributed by atoms with Gasteiger partial charge in [0.2, 0.25) is 11.2 Å². The first-order valence-electron chi connectivity index (χ1n) is 11.8. The van der Waals surface area contributed by atoms with Crippen molar-refractivity contribution in [2.45, 2.75) is 40.4 Å². The van der Waals surface area contributed by atoms with Crippen molar-refractivity contribution in [2.75, 3.05) is 27.3 Å². The van der Waals surface area contributed by atoms with Crippen molar-refractivity contribution in [1.29, 1.82) is 0 Å². The van der Waals surface area contributed by atoms with Crippen molar-refractivity contribution in [2.24, 2.45) is 11.8 Å². The van der Waals surface area contributed by atoms with Crippen LogP contribution in [0.5, 0.6) is 17.2 Å². The van der Waals surface area contributed by atoms with E-state index in [1.54, 1.807) is 0 Å². The number of rotatable bonds is 9. The summed E-state index contributed by atoms with van der Waals surface area (Å²) >= 11 is 0. The van der Waals surface area contributed by atoms with E-state index in [2.05, 4.69) is 27.7 Å². The van der Waals surface area contributed by atoms with Crippen LogP contribution >= 0.6 is 0 Å². The van der Waals surface area contributed by atoms with Gasteiger partial charge in [-0.15, -0.1) is 0 Å². The van der Waals surface area contributed by atoms with E-state index < -0.39 is 22.9 Å².